The fourth-order valence-corrected chi connectivity index (χ4v) is 9.19. The quantitative estimate of drug-likeness (QED) is 0.242. The van der Waals surface area contributed by atoms with Crippen LogP contribution in [0.1, 0.15) is 101 Å². The van der Waals surface area contributed by atoms with Crippen molar-refractivity contribution in [2.24, 2.45) is 0 Å². The minimum atomic E-state index is -0.871. The molecule has 254 valence electrons. The van der Waals surface area contributed by atoms with E-state index in [1.165, 1.54) is 0 Å². The molecule has 1 aromatic carbocycles. The van der Waals surface area contributed by atoms with Gasteiger partial charge < -0.3 is 19.5 Å². The van der Waals surface area contributed by atoms with Crippen LogP contribution in [-0.2, 0) is 4.74 Å². The number of rotatable bonds is 7. The highest BCUT2D eigenvalue weighted by molar-refractivity contribution is 6.00. The van der Waals surface area contributed by atoms with Gasteiger partial charge in [-0.1, -0.05) is 0 Å². The maximum absolute atomic E-state index is 17.3. The van der Waals surface area contributed by atoms with Crippen molar-refractivity contribution in [1.82, 2.24) is 29.6 Å². The summed E-state index contributed by atoms with van der Waals surface area (Å²) in [5.41, 5.74) is 3.66. The Bertz CT molecular complexity index is 1870. The van der Waals surface area contributed by atoms with E-state index < -0.39 is 11.4 Å². The monoisotopic (exact) mass is 655 g/mol. The summed E-state index contributed by atoms with van der Waals surface area (Å²) in [6.45, 7) is 8.47. The minimum absolute atomic E-state index is 0.00374. The van der Waals surface area contributed by atoms with Gasteiger partial charge >= 0.3 is 6.01 Å². The van der Waals surface area contributed by atoms with Crippen LogP contribution in [0.25, 0.3) is 33.1 Å². The van der Waals surface area contributed by atoms with Gasteiger partial charge in [0.15, 0.2) is 12.0 Å². The van der Waals surface area contributed by atoms with Gasteiger partial charge in [0, 0.05) is 36.8 Å². The summed E-state index contributed by atoms with van der Waals surface area (Å²) < 4.78 is 31.9. The minimum Gasteiger partial charge on any atom is -0.461 e. The summed E-state index contributed by atoms with van der Waals surface area (Å²) in [6.07, 6.45) is 14.7. The smallest absolute Gasteiger partial charge is 0.319 e. The summed E-state index contributed by atoms with van der Waals surface area (Å²) in [6, 6.07) is 2.38. The molecular formula is C37H46FN7O3. The molecule has 48 heavy (non-hydrogen) atoms. The molecule has 2 atom stereocenters. The maximum Gasteiger partial charge on any atom is 0.319 e. The molecule has 2 unspecified atom stereocenters. The van der Waals surface area contributed by atoms with Crippen molar-refractivity contribution in [3.63, 3.8) is 0 Å². The Kier molecular flexibility index (Phi) is 7.40. The van der Waals surface area contributed by atoms with Crippen LogP contribution in [0.2, 0.25) is 0 Å². The van der Waals surface area contributed by atoms with Crippen LogP contribution in [0.4, 0.5) is 10.2 Å². The molecule has 0 radical (unpaired) electrons. The molecule has 10 nitrogen and oxygen atoms in total. The highest BCUT2D eigenvalue weighted by atomic mass is 19.1. The Morgan fingerprint density at radius 1 is 1.00 bits per heavy atom. The van der Waals surface area contributed by atoms with E-state index in [4.69, 9.17) is 29.5 Å². The van der Waals surface area contributed by atoms with Crippen LogP contribution in [-0.4, -0.2) is 85.3 Å². The Morgan fingerprint density at radius 3 is 2.56 bits per heavy atom. The number of piperidine rings is 1. The number of fused-ring (bicyclic) bond motifs is 3. The Labute approximate surface area is 280 Å². The lowest BCUT2D eigenvalue weighted by atomic mass is 9.91. The number of β-amino-alcohol motifs (C(OH)–C–C–N with tert-alkyl or cyclic N) is 1. The highest BCUT2D eigenvalue weighted by Gasteiger charge is 2.45. The first-order chi connectivity index (χ1) is 23.3. The number of anilines is 1. The van der Waals surface area contributed by atoms with E-state index in [2.05, 4.69) is 17.9 Å². The molecule has 1 saturated carbocycles. The van der Waals surface area contributed by atoms with Gasteiger partial charge in [-0.25, -0.2) is 9.07 Å². The second-order valence-electron chi connectivity index (χ2n) is 15.3. The molecule has 11 heteroatoms. The predicted molar refractivity (Wildman–Crippen MR) is 182 cm³/mol. The molecule has 1 aliphatic carbocycles. The number of pyridine rings is 1. The lowest BCUT2D eigenvalue weighted by Crippen LogP contribution is -2.46. The zero-order valence-corrected chi connectivity index (χ0v) is 28.2. The Morgan fingerprint density at radius 2 is 1.81 bits per heavy atom. The SMILES string of the molecule is Cc1cc2c(cnn2C2CCCCO2)c(-c2ncc3c(N4CCCC(C)(O)C4)nc(OCC45CCCN4CCC5)nc3c2F)c1C1CC1. The average molecular weight is 656 g/mol. The van der Waals surface area contributed by atoms with Crippen LogP contribution in [0.15, 0.2) is 18.5 Å². The van der Waals surface area contributed by atoms with E-state index in [0.717, 1.165) is 111 Å². The number of benzene rings is 1. The first-order valence-electron chi connectivity index (χ1n) is 18.1. The molecule has 4 aliphatic heterocycles. The van der Waals surface area contributed by atoms with Gasteiger partial charge in [-0.05, 0) is 121 Å². The van der Waals surface area contributed by atoms with Gasteiger partial charge in [-0.2, -0.15) is 15.1 Å². The molecule has 7 heterocycles. The van der Waals surface area contributed by atoms with Gasteiger partial charge in [0.05, 0.1) is 28.2 Å². The number of nitrogens with zero attached hydrogens (tertiary/aromatic N) is 7. The Hall–Kier alpha value is -3.41. The second-order valence-corrected chi connectivity index (χ2v) is 15.3. The fourth-order valence-electron chi connectivity index (χ4n) is 9.19. The van der Waals surface area contributed by atoms with Crippen molar-refractivity contribution in [2.45, 2.75) is 108 Å². The number of aryl methyl sites for hydroxylation is 1. The van der Waals surface area contributed by atoms with Gasteiger partial charge in [0.25, 0.3) is 0 Å². The zero-order chi connectivity index (χ0) is 32.6. The summed E-state index contributed by atoms with van der Waals surface area (Å²) in [7, 11) is 0. The molecule has 3 aromatic heterocycles. The van der Waals surface area contributed by atoms with E-state index in [9.17, 15) is 5.11 Å². The van der Waals surface area contributed by atoms with Crippen molar-refractivity contribution in [1.29, 1.82) is 0 Å². The van der Waals surface area contributed by atoms with Gasteiger partial charge in [0.2, 0.25) is 0 Å². The maximum atomic E-state index is 17.3. The fraction of sp³-hybridized carbons (Fsp3) is 0.622. The predicted octanol–water partition coefficient (Wildman–Crippen LogP) is 6.42. The van der Waals surface area contributed by atoms with Crippen LogP contribution in [0.3, 0.4) is 0 Å². The van der Waals surface area contributed by atoms with Crippen molar-refractivity contribution < 1.29 is 19.0 Å². The number of halogens is 1. The third-order valence-corrected chi connectivity index (χ3v) is 11.7. The van der Waals surface area contributed by atoms with E-state index in [0.29, 0.717) is 48.9 Å². The summed E-state index contributed by atoms with van der Waals surface area (Å²) in [5, 5.41) is 17.3. The molecule has 5 fully saturated rings. The third kappa shape index (κ3) is 5.15. The molecule has 5 aliphatic rings. The first kappa shape index (κ1) is 30.6. The lowest BCUT2D eigenvalue weighted by molar-refractivity contribution is -0.0366. The van der Waals surface area contributed by atoms with Crippen molar-refractivity contribution >= 4 is 27.6 Å². The van der Waals surface area contributed by atoms with Gasteiger partial charge in [-0.15, -0.1) is 0 Å². The molecular weight excluding hydrogens is 609 g/mol. The van der Waals surface area contributed by atoms with Crippen LogP contribution in [0, 0.1) is 12.7 Å². The number of aromatic nitrogens is 5. The third-order valence-electron chi connectivity index (χ3n) is 11.7. The van der Waals surface area contributed by atoms with Gasteiger partial charge in [-0.3, -0.25) is 9.88 Å². The number of aliphatic hydroxyl groups is 1. The van der Waals surface area contributed by atoms with Crippen molar-refractivity contribution in [3.8, 4) is 17.3 Å². The summed E-state index contributed by atoms with van der Waals surface area (Å²) in [5.74, 6) is 0.465. The molecule has 0 spiro atoms. The van der Waals surface area contributed by atoms with Crippen LogP contribution < -0.4 is 9.64 Å². The lowest BCUT2D eigenvalue weighted by Gasteiger charge is -2.38. The van der Waals surface area contributed by atoms with Crippen molar-refractivity contribution in [2.75, 3.05) is 44.3 Å². The van der Waals surface area contributed by atoms with E-state index in [-0.39, 0.29) is 23.3 Å². The summed E-state index contributed by atoms with van der Waals surface area (Å²) in [4.78, 5) is 19.2. The largest absolute Gasteiger partial charge is 0.461 e. The van der Waals surface area contributed by atoms with Crippen LogP contribution in [0.5, 0.6) is 6.01 Å². The number of hydrogen-bond donors (Lipinski definition) is 1. The van der Waals surface area contributed by atoms with E-state index >= 15 is 4.39 Å². The normalized spacial score (nSPS) is 26.1. The molecule has 1 N–H and O–H groups in total. The second kappa shape index (κ2) is 11.6. The number of hydrogen-bond acceptors (Lipinski definition) is 9. The zero-order valence-electron chi connectivity index (χ0n) is 28.2. The van der Waals surface area contributed by atoms with Crippen LogP contribution >= 0.6 is 0 Å². The van der Waals surface area contributed by atoms with E-state index in [1.54, 1.807) is 6.20 Å². The molecule has 4 saturated heterocycles. The summed E-state index contributed by atoms with van der Waals surface area (Å²) >= 11 is 0. The van der Waals surface area contributed by atoms with Crippen molar-refractivity contribution in [3.05, 3.63) is 35.4 Å². The van der Waals surface area contributed by atoms with E-state index in [1.807, 2.05) is 22.7 Å². The first-order valence-corrected chi connectivity index (χ1v) is 18.1. The Balaban J connectivity index is 1.19. The molecule has 9 rings (SSSR count). The molecule has 0 bridgehead atoms. The average Bonchev–Trinajstić information content (AvgIpc) is 3.51. The molecule has 4 aromatic rings. The number of ether oxygens (including phenoxy) is 2. The highest BCUT2D eigenvalue weighted by Crippen LogP contribution is 2.49. The topological polar surface area (TPSA) is 102 Å². The standard InChI is InChI=1S/C37H46FN7O3/c1-23-18-27-25(20-40-45(27)28-8-3-4-17-47-28)30(29(23)24-9-10-24)33-31(38)32-26(19-39-33)34(43-14-5-11-36(2,46)21-43)42-35(41-32)48-22-37-12-6-15-44(37)16-7-13-37/h18-20,24,28,46H,3-17,21-22H2,1-2H3. The van der Waals surface area contributed by atoms with Gasteiger partial charge in [0.1, 0.15) is 23.6 Å². The molecule has 0 amide bonds.